The molecule has 2 aromatic rings. The van der Waals surface area contributed by atoms with Crippen LogP contribution in [0.15, 0.2) is 42.5 Å². The summed E-state index contributed by atoms with van der Waals surface area (Å²) in [5.41, 5.74) is 2.51. The van der Waals surface area contributed by atoms with Crippen molar-refractivity contribution in [3.8, 4) is 0 Å². The third-order valence-electron chi connectivity index (χ3n) is 7.15. The lowest BCUT2D eigenvalue weighted by Gasteiger charge is -2.35. The Morgan fingerprint density at radius 1 is 0.931 bits per heavy atom. The van der Waals surface area contributed by atoms with Gasteiger partial charge in [-0.2, -0.15) is 0 Å². The third-order valence-corrected chi connectivity index (χ3v) is 11.5. The second-order valence-corrected chi connectivity index (χ2v) is 15.5. The summed E-state index contributed by atoms with van der Waals surface area (Å²) < 4.78 is 0. The highest BCUT2D eigenvalue weighted by atomic mass is 35.5. The van der Waals surface area contributed by atoms with E-state index >= 15 is 0 Å². The first-order valence-electron chi connectivity index (χ1n) is 10.4. The van der Waals surface area contributed by atoms with Crippen LogP contribution in [0, 0.1) is 5.92 Å². The van der Waals surface area contributed by atoms with Gasteiger partial charge in [-0.25, -0.2) is 0 Å². The minimum Gasteiger partial charge on any atom is -0.432 e. The lowest BCUT2D eigenvalue weighted by atomic mass is 9.84. The zero-order valence-corrected chi connectivity index (χ0v) is 21.0. The highest BCUT2D eigenvalue weighted by Crippen LogP contribution is 2.53. The Hall–Kier alpha value is -0.513. The zero-order chi connectivity index (χ0) is 21.4. The van der Waals surface area contributed by atoms with Crippen LogP contribution in [0.5, 0.6) is 0 Å². The van der Waals surface area contributed by atoms with E-state index in [0.29, 0.717) is 22.8 Å². The van der Waals surface area contributed by atoms with Gasteiger partial charge in [0.15, 0.2) is 8.32 Å². The average Bonchev–Trinajstić information content (AvgIpc) is 3.04. The van der Waals surface area contributed by atoms with Gasteiger partial charge in [0.2, 0.25) is 0 Å². The van der Waals surface area contributed by atoms with Crippen LogP contribution in [0.4, 0.5) is 0 Å². The van der Waals surface area contributed by atoms with Gasteiger partial charge >= 0.3 is 0 Å². The average molecular weight is 470 g/mol. The van der Waals surface area contributed by atoms with Crippen molar-refractivity contribution < 1.29 is 4.80 Å². The van der Waals surface area contributed by atoms with Crippen LogP contribution in [0.2, 0.25) is 33.2 Å². The molecule has 1 aliphatic rings. The first-order chi connectivity index (χ1) is 13.5. The minimum atomic E-state index is -2.19. The molecule has 0 bridgehead atoms. The molecule has 1 aliphatic carbocycles. The Morgan fingerprint density at radius 3 is 2.10 bits per heavy atom. The molecule has 0 heterocycles. The van der Waals surface area contributed by atoms with Gasteiger partial charge in [-0.15, -0.1) is 0 Å². The number of rotatable bonds is 6. The lowest BCUT2D eigenvalue weighted by molar-refractivity contribution is 0.392. The maximum atomic E-state index is 10.7. The third kappa shape index (κ3) is 5.40. The predicted molar refractivity (Wildman–Crippen MR) is 129 cm³/mol. The molecule has 0 aliphatic heterocycles. The van der Waals surface area contributed by atoms with Crippen molar-refractivity contribution in [2.45, 2.75) is 69.5 Å². The second kappa shape index (κ2) is 8.92. The number of halogens is 3. The fourth-order valence-corrected chi connectivity index (χ4v) is 5.90. The quantitative estimate of drug-likeness (QED) is 0.419. The molecule has 1 fully saturated rings. The summed E-state index contributed by atoms with van der Waals surface area (Å²) in [5, 5.41) is 2.21. The van der Waals surface area contributed by atoms with Crippen LogP contribution < -0.4 is 0 Å². The van der Waals surface area contributed by atoms with Gasteiger partial charge in [0.05, 0.1) is 0 Å². The molecular formula is C24H31Cl3OSi. The SMILES string of the molecule is CC(C)(CCC1C[C@H](c2ccc(Cl)cc2)[C@H](c2ccc(Cl)cc2Cl)C1)[Si](C)(C)O. The molecule has 1 nitrogen and oxygen atoms in total. The van der Waals surface area contributed by atoms with E-state index in [9.17, 15) is 4.80 Å². The molecule has 0 amide bonds. The maximum Gasteiger partial charge on any atom is 0.188 e. The Morgan fingerprint density at radius 2 is 1.52 bits per heavy atom. The van der Waals surface area contributed by atoms with Gasteiger partial charge in [0.1, 0.15) is 0 Å². The fraction of sp³-hybridized carbons (Fsp3) is 0.500. The van der Waals surface area contributed by atoms with Gasteiger partial charge in [0, 0.05) is 15.1 Å². The zero-order valence-electron chi connectivity index (χ0n) is 17.7. The molecule has 0 aromatic heterocycles. The first kappa shape index (κ1) is 23.2. The van der Waals surface area contributed by atoms with Gasteiger partial charge in [-0.3, -0.25) is 0 Å². The van der Waals surface area contributed by atoms with Crippen LogP contribution in [0.25, 0.3) is 0 Å². The van der Waals surface area contributed by atoms with E-state index in [4.69, 9.17) is 34.8 Å². The van der Waals surface area contributed by atoms with Crippen molar-refractivity contribution in [2.24, 2.45) is 5.92 Å². The monoisotopic (exact) mass is 468 g/mol. The normalized spacial score (nSPS) is 22.8. The van der Waals surface area contributed by atoms with Crippen LogP contribution in [-0.2, 0) is 0 Å². The van der Waals surface area contributed by atoms with E-state index in [1.54, 1.807) is 0 Å². The summed E-state index contributed by atoms with van der Waals surface area (Å²) in [6.07, 6.45) is 4.43. The number of benzene rings is 2. The maximum absolute atomic E-state index is 10.7. The molecule has 2 aromatic carbocycles. The number of hydrogen-bond acceptors (Lipinski definition) is 1. The highest BCUT2D eigenvalue weighted by molar-refractivity contribution is 6.72. The van der Waals surface area contributed by atoms with Crippen LogP contribution in [0.3, 0.4) is 0 Å². The largest absolute Gasteiger partial charge is 0.432 e. The van der Waals surface area contributed by atoms with Crippen LogP contribution >= 0.6 is 34.8 Å². The summed E-state index contributed by atoms with van der Waals surface area (Å²) >= 11 is 18.9. The van der Waals surface area contributed by atoms with Gasteiger partial charge in [0.25, 0.3) is 0 Å². The van der Waals surface area contributed by atoms with Crippen molar-refractivity contribution >= 4 is 43.1 Å². The Balaban J connectivity index is 1.85. The fourth-order valence-electron chi connectivity index (χ4n) is 4.47. The van der Waals surface area contributed by atoms with Crippen LogP contribution in [-0.4, -0.2) is 13.1 Å². The molecule has 3 atom stereocenters. The van der Waals surface area contributed by atoms with Gasteiger partial charge in [-0.1, -0.05) is 73.3 Å². The standard InChI is InChI=1S/C24H31Cl3OSi/c1-24(2,29(3,4)28)12-11-16-13-21(17-5-7-18(25)8-6-17)22(14-16)20-10-9-19(26)15-23(20)27/h5-10,15-16,21-22,28H,11-14H2,1-4H3/t16?,21-,22+/m1/s1. The van der Waals surface area contributed by atoms with E-state index in [-0.39, 0.29) is 5.04 Å². The summed E-state index contributed by atoms with van der Waals surface area (Å²) in [4.78, 5) is 10.7. The molecule has 0 saturated heterocycles. The smallest absolute Gasteiger partial charge is 0.188 e. The first-order valence-corrected chi connectivity index (χ1v) is 14.5. The van der Waals surface area contributed by atoms with Crippen molar-refractivity contribution in [1.29, 1.82) is 0 Å². The summed E-state index contributed by atoms with van der Waals surface area (Å²) in [7, 11) is -2.19. The number of hydrogen-bond donors (Lipinski definition) is 1. The van der Waals surface area contributed by atoms with Gasteiger partial charge < -0.3 is 4.80 Å². The second-order valence-electron chi connectivity index (χ2n) is 9.75. The van der Waals surface area contributed by atoms with Crippen molar-refractivity contribution in [1.82, 2.24) is 0 Å². The van der Waals surface area contributed by atoms with Crippen LogP contribution in [0.1, 0.15) is 62.5 Å². The van der Waals surface area contributed by atoms with Gasteiger partial charge in [-0.05, 0) is 90.5 Å². The molecular weight excluding hydrogens is 439 g/mol. The predicted octanol–water partition coefficient (Wildman–Crippen LogP) is 8.68. The molecule has 1 N–H and O–H groups in total. The highest BCUT2D eigenvalue weighted by Gasteiger charge is 2.41. The molecule has 3 rings (SSSR count). The molecule has 5 heteroatoms. The van der Waals surface area contributed by atoms with Crippen molar-refractivity contribution in [3.63, 3.8) is 0 Å². The molecule has 0 radical (unpaired) electrons. The molecule has 29 heavy (non-hydrogen) atoms. The van der Waals surface area contributed by atoms with Crippen molar-refractivity contribution in [2.75, 3.05) is 0 Å². The molecule has 0 spiro atoms. The van der Waals surface area contributed by atoms with E-state index in [1.807, 2.05) is 24.3 Å². The summed E-state index contributed by atoms with van der Waals surface area (Å²) in [6.45, 7) is 8.54. The topological polar surface area (TPSA) is 20.2 Å². The molecule has 1 unspecified atom stereocenters. The summed E-state index contributed by atoms with van der Waals surface area (Å²) in [5.74, 6) is 1.40. The summed E-state index contributed by atoms with van der Waals surface area (Å²) in [6, 6.07) is 14.2. The van der Waals surface area contributed by atoms with Crippen molar-refractivity contribution in [3.05, 3.63) is 68.7 Å². The lowest BCUT2D eigenvalue weighted by Crippen LogP contribution is -2.39. The molecule has 1 saturated carbocycles. The van der Waals surface area contributed by atoms with E-state index in [1.165, 1.54) is 11.1 Å². The Kier molecular flexibility index (Phi) is 7.13. The Bertz CT molecular complexity index is 842. The van der Waals surface area contributed by atoms with E-state index in [2.05, 4.69) is 45.1 Å². The van der Waals surface area contributed by atoms with E-state index in [0.717, 1.165) is 35.7 Å². The molecule has 158 valence electrons. The Labute approximate surface area is 191 Å². The van der Waals surface area contributed by atoms with E-state index < -0.39 is 8.32 Å². The minimum absolute atomic E-state index is 0.0127.